The number of rotatable bonds is 5. The van der Waals surface area contributed by atoms with E-state index in [9.17, 15) is 9.59 Å². The maximum atomic E-state index is 11.9. The third-order valence-corrected chi connectivity index (χ3v) is 3.77. The molecule has 1 aromatic heterocycles. The van der Waals surface area contributed by atoms with Crippen LogP contribution in [-0.4, -0.2) is 38.0 Å². The van der Waals surface area contributed by atoms with Crippen molar-refractivity contribution in [2.45, 2.75) is 25.4 Å². The number of aromatic nitrogens is 3. The third-order valence-electron chi connectivity index (χ3n) is 3.77. The molecule has 0 atom stereocenters. The molecule has 0 radical (unpaired) electrons. The summed E-state index contributed by atoms with van der Waals surface area (Å²) in [6, 6.07) is 9.55. The number of nitrogens with one attached hydrogen (secondary N) is 1. The molecule has 114 valence electrons. The zero-order chi connectivity index (χ0) is 15.5. The lowest BCUT2D eigenvalue weighted by Crippen LogP contribution is -2.47. The van der Waals surface area contributed by atoms with E-state index >= 15 is 0 Å². The number of carboxylic acid groups (broad SMARTS) is 1. The van der Waals surface area contributed by atoms with Crippen molar-refractivity contribution in [2.24, 2.45) is 5.92 Å². The number of carbonyl (C=O) groups excluding carboxylic acids is 1. The van der Waals surface area contributed by atoms with E-state index in [1.807, 2.05) is 30.3 Å². The van der Waals surface area contributed by atoms with Crippen LogP contribution in [0.3, 0.4) is 0 Å². The second kappa shape index (κ2) is 5.97. The molecule has 0 bridgehead atoms. The second-order valence-corrected chi connectivity index (χ2v) is 5.44. The van der Waals surface area contributed by atoms with Crippen LogP contribution in [0.5, 0.6) is 0 Å². The van der Waals surface area contributed by atoms with Crippen molar-refractivity contribution in [2.75, 3.05) is 0 Å². The Morgan fingerprint density at radius 3 is 2.68 bits per heavy atom. The van der Waals surface area contributed by atoms with Gasteiger partial charge in [0.05, 0.1) is 12.1 Å². The fourth-order valence-corrected chi connectivity index (χ4v) is 2.47. The van der Waals surface area contributed by atoms with E-state index in [1.165, 1.54) is 4.68 Å². The van der Waals surface area contributed by atoms with E-state index in [4.69, 9.17) is 5.11 Å². The largest absolute Gasteiger partial charge is 0.481 e. The second-order valence-electron chi connectivity index (χ2n) is 5.44. The van der Waals surface area contributed by atoms with E-state index < -0.39 is 5.97 Å². The summed E-state index contributed by atoms with van der Waals surface area (Å²) in [5, 5.41) is 19.6. The van der Waals surface area contributed by atoms with Crippen LogP contribution in [0.1, 0.15) is 12.8 Å². The van der Waals surface area contributed by atoms with E-state index in [0.717, 1.165) is 5.56 Å². The standard InChI is InChI=1S/C15H16N4O3/c20-14(16-12-6-11(7-12)15(21)22)9-19-8-13(17-18-19)10-4-2-1-3-5-10/h1-5,8,11-12H,6-7,9H2,(H,16,20)(H,21,22). The molecule has 0 unspecified atom stereocenters. The number of hydrogen-bond acceptors (Lipinski definition) is 4. The number of nitrogens with zero attached hydrogens (tertiary/aromatic N) is 3. The van der Waals surface area contributed by atoms with Crippen LogP contribution in [0.15, 0.2) is 36.5 Å². The number of hydrogen-bond donors (Lipinski definition) is 2. The van der Waals surface area contributed by atoms with Gasteiger partial charge in [0.15, 0.2) is 0 Å². The lowest BCUT2D eigenvalue weighted by molar-refractivity contribution is -0.146. The first-order valence-corrected chi connectivity index (χ1v) is 7.09. The molecule has 1 amide bonds. The minimum absolute atomic E-state index is 0.0503. The first kappa shape index (κ1) is 14.2. The molecule has 1 aliphatic carbocycles. The third kappa shape index (κ3) is 3.13. The molecule has 22 heavy (non-hydrogen) atoms. The summed E-state index contributed by atoms with van der Waals surface area (Å²) < 4.78 is 1.48. The highest BCUT2D eigenvalue weighted by molar-refractivity contribution is 5.77. The summed E-state index contributed by atoms with van der Waals surface area (Å²) in [5.74, 6) is -1.31. The van der Waals surface area contributed by atoms with Crippen LogP contribution in [0.25, 0.3) is 11.3 Å². The van der Waals surface area contributed by atoms with Crippen molar-refractivity contribution >= 4 is 11.9 Å². The maximum absolute atomic E-state index is 11.9. The van der Waals surface area contributed by atoms with Gasteiger partial charge in [0.2, 0.25) is 5.91 Å². The molecule has 7 heteroatoms. The Morgan fingerprint density at radius 1 is 1.27 bits per heavy atom. The Hall–Kier alpha value is -2.70. The minimum Gasteiger partial charge on any atom is -0.481 e. The van der Waals surface area contributed by atoms with E-state index in [0.29, 0.717) is 18.5 Å². The predicted octanol–water partition coefficient (Wildman–Crippen LogP) is 0.924. The SMILES string of the molecule is O=C(Cn1cc(-c2ccccc2)nn1)NC1CC(C(=O)O)C1. The number of aliphatic carboxylic acids is 1. The van der Waals surface area contributed by atoms with Crippen molar-refractivity contribution in [3.8, 4) is 11.3 Å². The topological polar surface area (TPSA) is 97.1 Å². The fraction of sp³-hybridized carbons (Fsp3) is 0.333. The summed E-state index contributed by atoms with van der Waals surface area (Å²) in [6.45, 7) is 0.0775. The van der Waals surface area contributed by atoms with Crippen molar-refractivity contribution < 1.29 is 14.7 Å². The van der Waals surface area contributed by atoms with Crippen molar-refractivity contribution in [3.05, 3.63) is 36.5 Å². The molecule has 1 heterocycles. The Bertz CT molecular complexity index is 677. The molecule has 0 aliphatic heterocycles. The van der Waals surface area contributed by atoms with Crippen molar-refractivity contribution in [1.29, 1.82) is 0 Å². The molecular weight excluding hydrogens is 284 g/mol. The van der Waals surface area contributed by atoms with Crippen LogP contribution in [0, 0.1) is 5.92 Å². The van der Waals surface area contributed by atoms with Gasteiger partial charge < -0.3 is 10.4 Å². The van der Waals surface area contributed by atoms with Gasteiger partial charge in [0, 0.05) is 11.6 Å². The lowest BCUT2D eigenvalue weighted by Gasteiger charge is -2.32. The highest BCUT2D eigenvalue weighted by Crippen LogP contribution is 2.27. The molecule has 3 rings (SSSR count). The number of carboxylic acids is 1. The molecular formula is C15H16N4O3. The van der Waals surface area contributed by atoms with Gasteiger partial charge in [0.25, 0.3) is 0 Å². The van der Waals surface area contributed by atoms with Crippen molar-refractivity contribution in [1.82, 2.24) is 20.3 Å². The predicted molar refractivity (Wildman–Crippen MR) is 77.7 cm³/mol. The average molecular weight is 300 g/mol. The van der Waals surface area contributed by atoms with Crippen LogP contribution in [0.2, 0.25) is 0 Å². The van der Waals surface area contributed by atoms with Gasteiger partial charge in [-0.2, -0.15) is 0 Å². The monoisotopic (exact) mass is 300 g/mol. The van der Waals surface area contributed by atoms with Crippen LogP contribution < -0.4 is 5.32 Å². The molecule has 0 spiro atoms. The smallest absolute Gasteiger partial charge is 0.306 e. The lowest BCUT2D eigenvalue weighted by atomic mass is 9.80. The van der Waals surface area contributed by atoms with E-state index in [-0.39, 0.29) is 24.4 Å². The van der Waals surface area contributed by atoms with Gasteiger partial charge in [-0.05, 0) is 12.8 Å². The average Bonchev–Trinajstić information content (AvgIpc) is 2.91. The summed E-state index contributed by atoms with van der Waals surface area (Å²) in [5.41, 5.74) is 1.65. The zero-order valence-corrected chi connectivity index (χ0v) is 11.8. The quantitative estimate of drug-likeness (QED) is 0.856. The van der Waals surface area contributed by atoms with Gasteiger partial charge >= 0.3 is 5.97 Å². The Morgan fingerprint density at radius 2 is 2.00 bits per heavy atom. The van der Waals surface area contributed by atoms with Gasteiger partial charge in [-0.1, -0.05) is 35.5 Å². The molecule has 1 aliphatic rings. The molecule has 1 fully saturated rings. The fourth-order valence-electron chi connectivity index (χ4n) is 2.47. The summed E-state index contributed by atoms with van der Waals surface area (Å²) in [7, 11) is 0. The van der Waals surface area contributed by atoms with Gasteiger partial charge in [0.1, 0.15) is 12.2 Å². The zero-order valence-electron chi connectivity index (χ0n) is 11.8. The first-order chi connectivity index (χ1) is 10.6. The van der Waals surface area contributed by atoms with Crippen molar-refractivity contribution in [3.63, 3.8) is 0 Å². The van der Waals surface area contributed by atoms with Gasteiger partial charge in [-0.15, -0.1) is 5.10 Å². The van der Waals surface area contributed by atoms with E-state index in [1.54, 1.807) is 6.20 Å². The minimum atomic E-state index is -0.797. The maximum Gasteiger partial charge on any atom is 0.306 e. The Labute approximate surface area is 126 Å². The number of amides is 1. The normalized spacial score (nSPS) is 20.2. The van der Waals surface area contributed by atoms with Crippen LogP contribution >= 0.6 is 0 Å². The number of benzene rings is 1. The van der Waals surface area contributed by atoms with Crippen LogP contribution in [-0.2, 0) is 16.1 Å². The summed E-state index contributed by atoms with van der Waals surface area (Å²) >= 11 is 0. The molecule has 2 N–H and O–H groups in total. The highest BCUT2D eigenvalue weighted by Gasteiger charge is 2.35. The Kier molecular flexibility index (Phi) is 3.86. The molecule has 2 aromatic rings. The molecule has 1 aromatic carbocycles. The first-order valence-electron chi connectivity index (χ1n) is 7.09. The summed E-state index contributed by atoms with van der Waals surface area (Å²) in [6.07, 6.45) is 2.71. The highest BCUT2D eigenvalue weighted by atomic mass is 16.4. The van der Waals surface area contributed by atoms with Gasteiger partial charge in [-0.3, -0.25) is 9.59 Å². The molecule has 1 saturated carbocycles. The number of carbonyl (C=O) groups is 2. The Balaban J connectivity index is 1.53. The van der Waals surface area contributed by atoms with Crippen LogP contribution in [0.4, 0.5) is 0 Å². The molecule has 7 nitrogen and oxygen atoms in total. The van der Waals surface area contributed by atoms with Gasteiger partial charge in [-0.25, -0.2) is 4.68 Å². The molecule has 0 saturated heterocycles. The van der Waals surface area contributed by atoms with E-state index in [2.05, 4.69) is 15.6 Å². The summed E-state index contributed by atoms with van der Waals surface area (Å²) in [4.78, 5) is 22.6.